The largest absolute Gasteiger partial charge is 0.475 e. The molecule has 1 atom stereocenters. The van der Waals surface area contributed by atoms with Crippen LogP contribution in [-0.4, -0.2) is 44.0 Å². The molecular weight excluding hydrogens is 307 g/mol. The number of nitrogens with zero attached hydrogens (tertiary/aromatic N) is 3. The Morgan fingerprint density at radius 3 is 2.38 bits per heavy atom. The van der Waals surface area contributed by atoms with E-state index in [1.165, 1.54) is 25.7 Å². The Labute approximate surface area is 143 Å². The highest BCUT2D eigenvalue weighted by atomic mass is 16.4. The Morgan fingerprint density at radius 2 is 1.75 bits per heavy atom. The molecule has 2 fully saturated rings. The Balaban J connectivity index is 1.63. The molecule has 2 aliphatic rings. The van der Waals surface area contributed by atoms with Crippen molar-refractivity contribution in [2.75, 3.05) is 0 Å². The monoisotopic (exact) mass is 334 g/mol. The summed E-state index contributed by atoms with van der Waals surface area (Å²) in [4.78, 5) is 12.4. The lowest BCUT2D eigenvalue weighted by Crippen LogP contribution is -2.51. The van der Waals surface area contributed by atoms with Gasteiger partial charge in [-0.15, -0.1) is 5.10 Å². The molecule has 2 aliphatic carbocycles. The van der Waals surface area contributed by atoms with E-state index in [0.717, 1.165) is 38.5 Å². The van der Waals surface area contributed by atoms with Crippen LogP contribution in [0.15, 0.2) is 6.20 Å². The molecule has 3 N–H and O–H groups in total. The highest BCUT2D eigenvalue weighted by Gasteiger charge is 2.34. The van der Waals surface area contributed by atoms with E-state index in [1.807, 2.05) is 0 Å². The van der Waals surface area contributed by atoms with Crippen LogP contribution >= 0.6 is 0 Å². The number of hydrogen-bond acceptors (Lipinski definition) is 5. The van der Waals surface area contributed by atoms with Crippen molar-refractivity contribution in [2.45, 2.75) is 76.2 Å². The zero-order chi connectivity index (χ0) is 16.9. The van der Waals surface area contributed by atoms with E-state index in [1.54, 1.807) is 10.9 Å². The van der Waals surface area contributed by atoms with Crippen molar-refractivity contribution in [3.05, 3.63) is 11.9 Å². The zero-order valence-electron chi connectivity index (χ0n) is 14.1. The fraction of sp³-hybridized carbons (Fsp3) is 0.812. The molecule has 0 saturated heterocycles. The first kappa shape index (κ1) is 17.4. The van der Waals surface area contributed by atoms with E-state index in [0.29, 0.717) is 6.04 Å². The summed E-state index contributed by atoms with van der Waals surface area (Å²) in [6.07, 6.45) is 12.6. The molecule has 1 amide bonds. The number of nitrogens with one attached hydrogen (secondary N) is 1. The minimum absolute atomic E-state index is 0.107. The van der Waals surface area contributed by atoms with Crippen LogP contribution in [-0.2, 0) is 0 Å². The van der Waals surface area contributed by atoms with Crippen LogP contribution in [0.1, 0.15) is 80.7 Å². The molecule has 0 aromatic carbocycles. The molecule has 7 nitrogen and oxygen atoms in total. The predicted octanol–water partition coefficient (Wildman–Crippen LogP) is 1.47. The molecule has 2 saturated carbocycles. The fourth-order valence-electron chi connectivity index (χ4n) is 4.06. The van der Waals surface area contributed by atoms with Crippen molar-refractivity contribution in [2.24, 2.45) is 5.92 Å². The van der Waals surface area contributed by atoms with Gasteiger partial charge in [0.05, 0.1) is 18.2 Å². The lowest BCUT2D eigenvalue weighted by molar-refractivity contribution is 0.0918. The van der Waals surface area contributed by atoms with Crippen molar-refractivity contribution in [3.63, 3.8) is 0 Å². The van der Waals surface area contributed by atoms with Crippen LogP contribution in [0.25, 0.3) is 0 Å². The van der Waals surface area contributed by atoms with Gasteiger partial charge in [-0.1, -0.05) is 43.7 Å². The van der Waals surface area contributed by atoms with Crippen LogP contribution < -0.4 is 5.32 Å². The molecule has 0 bridgehead atoms. The summed E-state index contributed by atoms with van der Waals surface area (Å²) in [5.41, 5.74) is 0.252. The van der Waals surface area contributed by atoms with Gasteiger partial charge < -0.3 is 15.4 Å². The average molecular weight is 334 g/mol. The number of amides is 1. The van der Waals surface area contributed by atoms with Gasteiger partial charge in [0.1, 0.15) is 0 Å². The third kappa shape index (κ3) is 4.16. The first-order valence-corrected chi connectivity index (χ1v) is 9.24. The minimum atomic E-state index is -1.55. The summed E-state index contributed by atoms with van der Waals surface area (Å²) in [6.45, 7) is 0. The molecule has 0 unspecified atom stereocenters. The Kier molecular flexibility index (Phi) is 5.89. The fourth-order valence-corrected chi connectivity index (χ4v) is 4.06. The third-order valence-electron chi connectivity index (χ3n) is 5.47. The first-order chi connectivity index (χ1) is 11.6. The molecule has 0 aliphatic heterocycles. The van der Waals surface area contributed by atoms with Gasteiger partial charge in [0.2, 0.25) is 0 Å². The van der Waals surface area contributed by atoms with Crippen LogP contribution in [0.3, 0.4) is 0 Å². The van der Waals surface area contributed by atoms with E-state index in [-0.39, 0.29) is 17.5 Å². The van der Waals surface area contributed by atoms with Gasteiger partial charge in [0.25, 0.3) is 5.91 Å². The van der Waals surface area contributed by atoms with Crippen LogP contribution in [0.5, 0.6) is 0 Å². The van der Waals surface area contributed by atoms with Crippen LogP contribution in [0.2, 0.25) is 0 Å². The number of carbonyl (C=O) groups excluding carboxylic acids is 1. The van der Waals surface area contributed by atoms with Crippen LogP contribution in [0.4, 0.5) is 0 Å². The second kappa shape index (κ2) is 8.12. The SMILES string of the molecule is O=C(N[C@H](B(O)O)C1CCCCC1)c1cn(C2CCCCC2)nn1. The molecule has 0 spiro atoms. The van der Waals surface area contributed by atoms with Gasteiger partial charge >= 0.3 is 7.12 Å². The highest BCUT2D eigenvalue weighted by Crippen LogP contribution is 2.28. The quantitative estimate of drug-likeness (QED) is 0.708. The molecule has 24 heavy (non-hydrogen) atoms. The molecule has 8 heteroatoms. The average Bonchev–Trinajstić information content (AvgIpc) is 3.11. The summed E-state index contributed by atoms with van der Waals surface area (Å²) in [6, 6.07) is 0.324. The maximum Gasteiger partial charge on any atom is 0.475 e. The molecule has 3 rings (SSSR count). The van der Waals surface area contributed by atoms with Gasteiger partial charge in [-0.2, -0.15) is 0 Å². The summed E-state index contributed by atoms with van der Waals surface area (Å²) < 4.78 is 1.79. The summed E-state index contributed by atoms with van der Waals surface area (Å²) >= 11 is 0. The highest BCUT2D eigenvalue weighted by molar-refractivity contribution is 6.43. The predicted molar refractivity (Wildman–Crippen MR) is 90.2 cm³/mol. The molecule has 132 valence electrons. The van der Waals surface area contributed by atoms with E-state index in [9.17, 15) is 14.8 Å². The van der Waals surface area contributed by atoms with E-state index in [4.69, 9.17) is 0 Å². The van der Waals surface area contributed by atoms with Gasteiger partial charge in [-0.05, 0) is 31.6 Å². The van der Waals surface area contributed by atoms with Crippen LogP contribution in [0, 0.1) is 5.92 Å². The van der Waals surface area contributed by atoms with Gasteiger partial charge in [0, 0.05) is 0 Å². The lowest BCUT2D eigenvalue weighted by Gasteiger charge is -2.30. The van der Waals surface area contributed by atoms with Crippen molar-refractivity contribution >= 4 is 13.0 Å². The van der Waals surface area contributed by atoms with Crippen molar-refractivity contribution in [3.8, 4) is 0 Å². The molecule has 1 aromatic rings. The second-order valence-corrected chi connectivity index (χ2v) is 7.19. The van der Waals surface area contributed by atoms with Gasteiger partial charge in [-0.25, -0.2) is 4.68 Å². The first-order valence-electron chi connectivity index (χ1n) is 9.24. The minimum Gasteiger partial charge on any atom is -0.426 e. The summed E-state index contributed by atoms with van der Waals surface area (Å²) in [7, 11) is -1.55. The zero-order valence-corrected chi connectivity index (χ0v) is 14.1. The number of carbonyl (C=O) groups is 1. The van der Waals surface area contributed by atoms with Crippen molar-refractivity contribution in [1.29, 1.82) is 0 Å². The van der Waals surface area contributed by atoms with Gasteiger partial charge in [-0.3, -0.25) is 4.79 Å². The van der Waals surface area contributed by atoms with Gasteiger partial charge in [0.15, 0.2) is 5.69 Å². The van der Waals surface area contributed by atoms with E-state index in [2.05, 4.69) is 15.6 Å². The molecule has 1 heterocycles. The van der Waals surface area contributed by atoms with Crippen molar-refractivity contribution < 1.29 is 14.8 Å². The molecule has 1 aromatic heterocycles. The lowest BCUT2D eigenvalue weighted by atomic mass is 9.67. The maximum atomic E-state index is 12.4. The summed E-state index contributed by atoms with van der Waals surface area (Å²) in [5, 5.41) is 30.2. The van der Waals surface area contributed by atoms with E-state index >= 15 is 0 Å². The second-order valence-electron chi connectivity index (χ2n) is 7.19. The number of aromatic nitrogens is 3. The molecule has 0 radical (unpaired) electrons. The number of hydrogen-bond donors (Lipinski definition) is 3. The normalized spacial score (nSPS) is 21.4. The Morgan fingerprint density at radius 1 is 1.12 bits per heavy atom. The maximum absolute atomic E-state index is 12.4. The Hall–Kier alpha value is -1.41. The third-order valence-corrected chi connectivity index (χ3v) is 5.47. The van der Waals surface area contributed by atoms with Crippen molar-refractivity contribution in [1.82, 2.24) is 20.3 Å². The topological polar surface area (TPSA) is 100 Å². The smallest absolute Gasteiger partial charge is 0.426 e. The standard InChI is InChI=1S/C16H27BN4O3/c22-16(18-15(17(23)24)12-7-3-1-4-8-12)14-11-21(20-19-14)13-9-5-2-6-10-13/h11-13,15,23-24H,1-10H2,(H,18,22)/t15-/m0/s1. The van der Waals surface area contributed by atoms with E-state index < -0.39 is 13.1 Å². The molecular formula is C16H27BN4O3. The number of rotatable bonds is 5. The Bertz CT molecular complexity index is 539. The summed E-state index contributed by atoms with van der Waals surface area (Å²) in [5.74, 6) is -0.908.